The van der Waals surface area contributed by atoms with Crippen molar-refractivity contribution in [2.24, 2.45) is 0 Å². The third kappa shape index (κ3) is 10.5. The van der Waals surface area contributed by atoms with Crippen LogP contribution in [-0.4, -0.2) is 13.1 Å². The van der Waals surface area contributed by atoms with Crippen molar-refractivity contribution in [2.75, 3.05) is 13.1 Å². The zero-order valence-corrected chi connectivity index (χ0v) is 12.5. The van der Waals surface area contributed by atoms with Gasteiger partial charge < -0.3 is 11.7 Å². The Morgan fingerprint density at radius 3 is 1.71 bits per heavy atom. The molecule has 0 unspecified atom stereocenters. The fraction of sp³-hybridized carbons (Fsp3) is 0.364. The molecule has 3 heteroatoms. The number of hydrogen-bond donors (Lipinski definition) is 1. The second-order valence-electron chi connectivity index (χ2n) is 2.69. The van der Waals surface area contributed by atoms with Crippen LogP contribution in [0, 0.1) is 12.5 Å². The van der Waals surface area contributed by atoms with Gasteiger partial charge in [-0.3, -0.25) is 0 Å². The average Bonchev–Trinajstić information content (AvgIpc) is 2.24. The first-order chi connectivity index (χ1) is 6.00. The molecule has 1 aromatic carbocycles. The van der Waals surface area contributed by atoms with Gasteiger partial charge in [0.05, 0.1) is 0 Å². The monoisotopic (exact) mass is 396 g/mol. The summed E-state index contributed by atoms with van der Waals surface area (Å²) in [6.07, 6.45) is 4.86. The topological polar surface area (TPSA) is 12.0 Å². The van der Waals surface area contributed by atoms with E-state index in [1.54, 1.807) is 0 Å². The molecule has 2 rings (SSSR count). The van der Waals surface area contributed by atoms with E-state index in [-0.39, 0.29) is 39.6 Å². The third-order valence-corrected chi connectivity index (χ3v) is 1.66. The molecule has 14 heavy (non-hydrogen) atoms. The van der Waals surface area contributed by atoms with Crippen molar-refractivity contribution in [3.8, 4) is 0 Å². The minimum absolute atomic E-state index is 0. The number of hydrogen-bond acceptors (Lipinski definition) is 1. The molecular weight excluding hydrogens is 381 g/mol. The van der Waals surface area contributed by atoms with Crippen LogP contribution in [0.3, 0.4) is 0 Å². The SMILES string of the molecule is [CH-]1CCNCC1.[V].[W+2].[c-]1ccccc1. The van der Waals surface area contributed by atoms with E-state index in [4.69, 9.17) is 0 Å². The van der Waals surface area contributed by atoms with Crippen molar-refractivity contribution in [2.45, 2.75) is 12.8 Å². The molecule has 0 aliphatic carbocycles. The van der Waals surface area contributed by atoms with Gasteiger partial charge in [0.25, 0.3) is 0 Å². The van der Waals surface area contributed by atoms with Crippen LogP contribution < -0.4 is 5.32 Å². The van der Waals surface area contributed by atoms with Crippen molar-refractivity contribution in [3.05, 3.63) is 42.8 Å². The molecule has 0 saturated carbocycles. The summed E-state index contributed by atoms with van der Waals surface area (Å²) in [7, 11) is 0. The van der Waals surface area contributed by atoms with Gasteiger partial charge >= 0.3 is 21.1 Å². The Morgan fingerprint density at radius 1 is 1.00 bits per heavy atom. The zero-order chi connectivity index (χ0) is 8.49. The molecule has 0 aromatic heterocycles. The van der Waals surface area contributed by atoms with Crippen LogP contribution in [0.25, 0.3) is 0 Å². The Hall–Kier alpha value is 0.453. The third-order valence-electron chi connectivity index (χ3n) is 1.66. The first kappa shape index (κ1) is 16.9. The molecule has 1 aliphatic heterocycles. The molecular formula is C11H15NVW. The Bertz CT molecular complexity index is 140. The number of piperidine rings is 1. The summed E-state index contributed by atoms with van der Waals surface area (Å²) in [5.41, 5.74) is 0. The van der Waals surface area contributed by atoms with Gasteiger partial charge in [0.15, 0.2) is 0 Å². The van der Waals surface area contributed by atoms with Crippen LogP contribution in [0.5, 0.6) is 0 Å². The van der Waals surface area contributed by atoms with Crippen molar-refractivity contribution >= 4 is 0 Å². The maximum atomic E-state index is 3.25. The molecule has 75 valence electrons. The molecule has 0 atom stereocenters. The predicted molar refractivity (Wildman–Crippen MR) is 51.7 cm³/mol. The van der Waals surface area contributed by atoms with Gasteiger partial charge in [0.1, 0.15) is 0 Å². The van der Waals surface area contributed by atoms with Crippen molar-refractivity contribution in [1.82, 2.24) is 5.32 Å². The van der Waals surface area contributed by atoms with Crippen molar-refractivity contribution < 1.29 is 39.6 Å². The second kappa shape index (κ2) is 13.5. The first-order valence-corrected chi connectivity index (χ1v) is 4.43. The van der Waals surface area contributed by atoms with Crippen LogP contribution in [0.2, 0.25) is 0 Å². The minimum atomic E-state index is 0. The summed E-state index contributed by atoms with van der Waals surface area (Å²) >= 11 is 0. The van der Waals surface area contributed by atoms with Gasteiger partial charge in [-0.25, -0.2) is 0 Å². The first-order valence-electron chi connectivity index (χ1n) is 4.43. The normalized spacial score (nSPS) is 13.7. The molecule has 0 bridgehead atoms. The van der Waals surface area contributed by atoms with E-state index < -0.39 is 0 Å². The summed E-state index contributed by atoms with van der Waals surface area (Å²) in [6, 6.07) is 12.5. The Morgan fingerprint density at radius 2 is 1.57 bits per heavy atom. The largest absolute Gasteiger partial charge is 2.00 e. The summed E-state index contributed by atoms with van der Waals surface area (Å²) in [6.45, 7) is 2.39. The standard InChI is InChI=1S/C6H5.C5H10N.V.W/c2*1-2-4-6-5-3-1;;/h1-5H;1,6H,2-5H2;;/q2*-1;;+2. The number of nitrogens with one attached hydrogen (secondary N) is 1. The fourth-order valence-corrected chi connectivity index (χ4v) is 1.02. The average molecular weight is 396 g/mol. The van der Waals surface area contributed by atoms with E-state index >= 15 is 0 Å². The molecule has 1 nitrogen and oxygen atoms in total. The number of rotatable bonds is 0. The van der Waals surface area contributed by atoms with Gasteiger partial charge in [0.2, 0.25) is 0 Å². The molecule has 0 amide bonds. The van der Waals surface area contributed by atoms with Crippen LogP contribution in [0.1, 0.15) is 12.8 Å². The second-order valence-corrected chi connectivity index (χ2v) is 2.69. The van der Waals surface area contributed by atoms with E-state index in [9.17, 15) is 0 Å². The predicted octanol–water partition coefficient (Wildman–Crippen LogP) is 2.06. The molecule has 1 aromatic rings. The smallest absolute Gasteiger partial charge is 0.326 e. The summed E-state index contributed by atoms with van der Waals surface area (Å²) < 4.78 is 0. The van der Waals surface area contributed by atoms with Gasteiger partial charge in [-0.15, -0.1) is 0 Å². The molecule has 1 aliphatic rings. The van der Waals surface area contributed by atoms with Gasteiger partial charge in [-0.1, -0.05) is 0 Å². The van der Waals surface area contributed by atoms with Gasteiger partial charge in [-0.05, 0) is 13.1 Å². The van der Waals surface area contributed by atoms with Crippen LogP contribution >= 0.6 is 0 Å². The Labute approximate surface area is 113 Å². The Kier molecular flexibility index (Phi) is 16.2. The molecule has 0 spiro atoms. The molecule has 1 radical (unpaired) electrons. The van der Waals surface area contributed by atoms with Crippen LogP contribution in [-0.2, 0) is 39.6 Å². The van der Waals surface area contributed by atoms with E-state index in [1.165, 1.54) is 25.9 Å². The summed E-state index contributed by atoms with van der Waals surface area (Å²) in [5, 5.41) is 3.25. The van der Waals surface area contributed by atoms with Gasteiger partial charge in [0, 0.05) is 18.6 Å². The van der Waals surface area contributed by atoms with Gasteiger partial charge in [-0.2, -0.15) is 49.2 Å². The van der Waals surface area contributed by atoms with E-state index in [1.807, 2.05) is 30.3 Å². The van der Waals surface area contributed by atoms with Crippen molar-refractivity contribution in [1.29, 1.82) is 0 Å². The fourth-order valence-electron chi connectivity index (χ4n) is 1.02. The molecule has 1 fully saturated rings. The molecule has 1 heterocycles. The molecule has 1 N–H and O–H groups in total. The Balaban J connectivity index is 0. The van der Waals surface area contributed by atoms with E-state index in [2.05, 4.69) is 17.8 Å². The zero-order valence-electron chi connectivity index (χ0n) is 8.15. The quantitative estimate of drug-likeness (QED) is 0.663. The van der Waals surface area contributed by atoms with E-state index in [0.29, 0.717) is 0 Å². The van der Waals surface area contributed by atoms with Crippen LogP contribution in [0.15, 0.2) is 30.3 Å². The maximum Gasteiger partial charge on any atom is 2.00 e. The minimum Gasteiger partial charge on any atom is -0.326 e. The maximum absolute atomic E-state index is 3.25. The molecule has 1 saturated heterocycles. The summed E-state index contributed by atoms with van der Waals surface area (Å²) in [4.78, 5) is 0. The number of benzene rings is 1. The summed E-state index contributed by atoms with van der Waals surface area (Å²) in [5.74, 6) is 0. The van der Waals surface area contributed by atoms with Crippen molar-refractivity contribution in [3.63, 3.8) is 0 Å². The van der Waals surface area contributed by atoms with Crippen LogP contribution in [0.4, 0.5) is 0 Å². The van der Waals surface area contributed by atoms with E-state index in [0.717, 1.165) is 0 Å².